The van der Waals surface area contributed by atoms with Gasteiger partial charge in [-0.3, -0.25) is 0 Å². The summed E-state index contributed by atoms with van der Waals surface area (Å²) in [7, 11) is 1.75. The van der Waals surface area contributed by atoms with E-state index in [4.69, 9.17) is 25.0 Å². The minimum atomic E-state index is -4.26. The third-order valence-corrected chi connectivity index (χ3v) is 7.01. The molecular weight excluding hydrogens is 411 g/mol. The summed E-state index contributed by atoms with van der Waals surface area (Å²) in [6, 6.07) is 6.21. The number of amidine groups is 1. The summed E-state index contributed by atoms with van der Waals surface area (Å²) in [5, 5.41) is 3.89. The summed E-state index contributed by atoms with van der Waals surface area (Å²) >= 11 is 0. The van der Waals surface area contributed by atoms with Gasteiger partial charge in [-0.2, -0.15) is 13.2 Å². The molecule has 0 amide bonds. The quantitative estimate of drug-likeness (QED) is 0.427. The lowest BCUT2D eigenvalue weighted by atomic mass is 9.62. The maximum Gasteiger partial charge on any atom is 0.392 e. The Morgan fingerprint density at radius 2 is 2.06 bits per heavy atom. The molecule has 170 valence electrons. The van der Waals surface area contributed by atoms with Crippen LogP contribution in [0.25, 0.3) is 0 Å². The van der Waals surface area contributed by atoms with E-state index in [0.717, 1.165) is 43.2 Å². The summed E-state index contributed by atoms with van der Waals surface area (Å²) in [5.74, 6) is 0. The number of hydrogen-bond acceptors (Lipinski definition) is 6. The van der Waals surface area contributed by atoms with Crippen LogP contribution >= 0.6 is 0 Å². The van der Waals surface area contributed by atoms with Gasteiger partial charge in [-0.25, -0.2) is 4.99 Å². The van der Waals surface area contributed by atoms with Crippen LogP contribution in [0.15, 0.2) is 28.3 Å². The topological polar surface area (TPSA) is 78.4 Å². The summed E-state index contributed by atoms with van der Waals surface area (Å²) in [6.07, 6.45) is -0.310. The molecule has 0 aromatic heterocycles. The lowest BCUT2D eigenvalue weighted by Gasteiger charge is -2.45. The number of nitrogens with two attached hydrogens (primary N) is 1. The molecular formula is C22H28F3N3O3. The number of fused-ring (bicyclic) bond motifs is 3. The number of hydrogen-bond donors (Lipinski definition) is 1. The maximum absolute atomic E-state index is 12.3. The molecule has 1 aromatic carbocycles. The van der Waals surface area contributed by atoms with Gasteiger partial charge in [0.2, 0.25) is 0 Å². The minimum absolute atomic E-state index is 0.0850. The van der Waals surface area contributed by atoms with Gasteiger partial charge in [0.15, 0.2) is 0 Å². The van der Waals surface area contributed by atoms with E-state index in [1.807, 2.05) is 12.1 Å². The number of aliphatic imine (C=N–C) groups is 1. The molecule has 31 heavy (non-hydrogen) atoms. The molecule has 1 unspecified atom stereocenters. The number of nitrogens with zero attached hydrogens (tertiary/aromatic N) is 2. The smallest absolute Gasteiger partial charge is 0.392 e. The molecule has 1 aromatic rings. The molecule has 2 N–H and O–H groups in total. The highest BCUT2D eigenvalue weighted by Gasteiger charge is 2.61. The zero-order chi connectivity index (χ0) is 22.3. The molecule has 4 rings (SSSR count). The molecule has 1 aliphatic heterocycles. The highest BCUT2D eigenvalue weighted by atomic mass is 19.4. The van der Waals surface area contributed by atoms with E-state index in [2.05, 4.69) is 11.2 Å². The Balaban J connectivity index is 1.61. The number of halogens is 3. The monoisotopic (exact) mass is 439 g/mol. The molecule has 0 radical (unpaired) electrons. The van der Waals surface area contributed by atoms with Crippen molar-refractivity contribution in [1.29, 1.82) is 0 Å². The van der Waals surface area contributed by atoms with E-state index in [1.54, 1.807) is 14.0 Å². The molecule has 6 nitrogen and oxygen atoms in total. The lowest BCUT2D eigenvalue weighted by Crippen LogP contribution is -2.46. The summed E-state index contributed by atoms with van der Waals surface area (Å²) < 4.78 is 48.2. The number of rotatable bonds is 5. The molecule has 1 heterocycles. The first-order valence-corrected chi connectivity index (χ1v) is 10.6. The van der Waals surface area contributed by atoms with Crippen LogP contribution in [0.4, 0.5) is 13.2 Å². The number of benzene rings is 1. The van der Waals surface area contributed by atoms with Gasteiger partial charge in [0, 0.05) is 12.5 Å². The average Bonchev–Trinajstić information content (AvgIpc) is 3.24. The molecule has 0 saturated heterocycles. The first kappa shape index (κ1) is 21.9. The fourth-order valence-electron chi connectivity index (χ4n) is 5.30. The SMILES string of the molecule is CO[C@H]1CC[C@]2(CC1)Cc1ccc(/C(C)=N/OCCC(F)(F)F)cc1C21COC(N)=N1. The predicted molar refractivity (Wildman–Crippen MR) is 110 cm³/mol. The Bertz CT molecular complexity index is 892. The molecule has 9 heteroatoms. The van der Waals surface area contributed by atoms with Crippen LogP contribution in [-0.4, -0.2) is 44.3 Å². The van der Waals surface area contributed by atoms with E-state index in [-0.39, 0.29) is 17.5 Å². The maximum atomic E-state index is 12.3. The largest absolute Gasteiger partial charge is 0.462 e. The third kappa shape index (κ3) is 4.00. The Morgan fingerprint density at radius 3 is 2.68 bits per heavy atom. The van der Waals surface area contributed by atoms with Crippen molar-refractivity contribution < 1.29 is 27.5 Å². The first-order valence-electron chi connectivity index (χ1n) is 10.6. The van der Waals surface area contributed by atoms with Crippen LogP contribution in [0, 0.1) is 5.41 Å². The van der Waals surface area contributed by atoms with Gasteiger partial charge in [0.05, 0.1) is 18.2 Å². The predicted octanol–water partition coefficient (Wildman–Crippen LogP) is 4.05. The summed E-state index contributed by atoms with van der Waals surface area (Å²) in [5.41, 5.74) is 8.89. The van der Waals surface area contributed by atoms with Crippen LogP contribution in [0.3, 0.4) is 0 Å². The molecule has 2 aliphatic carbocycles. The fraction of sp³-hybridized carbons (Fsp3) is 0.636. The van der Waals surface area contributed by atoms with Crippen LogP contribution in [0.2, 0.25) is 0 Å². The lowest BCUT2D eigenvalue weighted by molar-refractivity contribution is -0.145. The van der Waals surface area contributed by atoms with E-state index in [9.17, 15) is 13.2 Å². The molecule has 1 atom stereocenters. The van der Waals surface area contributed by atoms with Crippen molar-refractivity contribution in [3.8, 4) is 0 Å². The molecule has 1 saturated carbocycles. The van der Waals surface area contributed by atoms with Gasteiger partial charge < -0.3 is 20.0 Å². The van der Waals surface area contributed by atoms with E-state index < -0.39 is 24.7 Å². The van der Waals surface area contributed by atoms with Gasteiger partial charge in [-0.15, -0.1) is 0 Å². The second kappa shape index (κ2) is 8.00. The summed E-state index contributed by atoms with van der Waals surface area (Å²) in [6.45, 7) is 1.61. The van der Waals surface area contributed by atoms with Crippen molar-refractivity contribution in [3.63, 3.8) is 0 Å². The normalized spacial score (nSPS) is 30.4. The molecule has 3 aliphatic rings. The van der Waals surface area contributed by atoms with Crippen molar-refractivity contribution in [1.82, 2.24) is 0 Å². The molecule has 1 fully saturated rings. The average molecular weight is 439 g/mol. The zero-order valence-electron chi connectivity index (χ0n) is 17.8. The Labute approximate surface area is 179 Å². The molecule has 0 bridgehead atoms. The highest BCUT2D eigenvalue weighted by Crippen LogP contribution is 2.61. The molecule has 2 spiro atoms. The van der Waals surface area contributed by atoms with Gasteiger partial charge in [0.25, 0.3) is 6.02 Å². The van der Waals surface area contributed by atoms with Crippen LogP contribution in [0.1, 0.15) is 55.7 Å². The number of alkyl halides is 3. The Kier molecular flexibility index (Phi) is 5.66. The van der Waals surface area contributed by atoms with Gasteiger partial charge >= 0.3 is 6.18 Å². The van der Waals surface area contributed by atoms with Crippen LogP contribution in [0.5, 0.6) is 0 Å². The van der Waals surface area contributed by atoms with Crippen molar-refractivity contribution in [2.24, 2.45) is 21.3 Å². The highest BCUT2D eigenvalue weighted by molar-refractivity contribution is 5.98. The zero-order valence-corrected chi connectivity index (χ0v) is 17.8. The fourth-order valence-corrected chi connectivity index (χ4v) is 5.30. The minimum Gasteiger partial charge on any atom is -0.462 e. The van der Waals surface area contributed by atoms with E-state index >= 15 is 0 Å². The number of ether oxygens (including phenoxy) is 2. The van der Waals surface area contributed by atoms with Gasteiger partial charge in [-0.1, -0.05) is 17.3 Å². The van der Waals surface area contributed by atoms with Crippen LogP contribution < -0.4 is 5.73 Å². The van der Waals surface area contributed by atoms with Crippen molar-refractivity contribution >= 4 is 11.7 Å². The van der Waals surface area contributed by atoms with Gasteiger partial charge in [0.1, 0.15) is 18.8 Å². The first-order chi connectivity index (χ1) is 14.7. The second-order valence-electron chi connectivity index (χ2n) is 8.74. The van der Waals surface area contributed by atoms with Gasteiger partial charge in [-0.05, 0) is 61.8 Å². The van der Waals surface area contributed by atoms with Crippen molar-refractivity contribution in [2.75, 3.05) is 20.3 Å². The van der Waals surface area contributed by atoms with Crippen molar-refractivity contribution in [3.05, 3.63) is 34.9 Å². The third-order valence-electron chi connectivity index (χ3n) is 7.01. The Morgan fingerprint density at radius 1 is 1.32 bits per heavy atom. The van der Waals surface area contributed by atoms with Crippen LogP contribution in [-0.2, 0) is 26.3 Å². The van der Waals surface area contributed by atoms with E-state index in [0.29, 0.717) is 12.3 Å². The Hall–Kier alpha value is -2.29. The van der Waals surface area contributed by atoms with Crippen molar-refractivity contribution in [2.45, 2.75) is 63.3 Å². The van der Waals surface area contributed by atoms with E-state index in [1.165, 1.54) is 5.56 Å². The number of methoxy groups -OCH3 is 1. The standard InChI is InChI=1S/C22H28F3N3O3/c1-14(28-31-10-9-22(23,24)25)15-3-4-16-12-20(7-5-17(29-2)6-8-20)21(18(16)11-15)13-30-19(26)27-21/h3-4,11,17H,5-10,12-13H2,1-2H3,(H2,26,27)/b28-14+/t17-,20-,21?. The summed E-state index contributed by atoms with van der Waals surface area (Å²) in [4.78, 5) is 9.72. The number of oxime groups is 1. The second-order valence-corrected chi connectivity index (χ2v) is 8.74.